The molecule has 1 aromatic rings. The smallest absolute Gasteiger partial charge is 0.335 e. The number of carboxylic acid groups (broad SMARTS) is 1. The highest BCUT2D eigenvalue weighted by molar-refractivity contribution is 7.89. The molecule has 2 N–H and O–H groups in total. The van der Waals surface area contributed by atoms with Crippen molar-refractivity contribution >= 4 is 16.0 Å². The van der Waals surface area contributed by atoms with Crippen molar-refractivity contribution < 1.29 is 27.4 Å². The Morgan fingerprint density at radius 3 is 2.67 bits per heavy atom. The number of sulfonamides is 1. The summed E-state index contributed by atoms with van der Waals surface area (Å²) in [7, 11) is -4.02. The molecule has 21 heavy (non-hydrogen) atoms. The molecule has 0 aromatic heterocycles. The standard InChI is InChI=1S/C13H16FNO5S/c14-11-8-9(13(16)17)4-5-12(11)21(18,19)15-6-7-20-10-2-1-3-10/h4-5,8,10,15H,1-3,6-7H2,(H,16,17). The van der Waals surface area contributed by atoms with Gasteiger partial charge >= 0.3 is 5.97 Å². The van der Waals surface area contributed by atoms with Gasteiger partial charge in [-0.2, -0.15) is 0 Å². The van der Waals surface area contributed by atoms with Crippen molar-refractivity contribution in [2.75, 3.05) is 13.2 Å². The Bertz CT molecular complexity index is 627. The highest BCUT2D eigenvalue weighted by Gasteiger charge is 2.21. The average molecular weight is 317 g/mol. The van der Waals surface area contributed by atoms with Crippen LogP contribution in [0.4, 0.5) is 4.39 Å². The highest BCUT2D eigenvalue weighted by Crippen LogP contribution is 2.21. The van der Waals surface area contributed by atoms with Crippen molar-refractivity contribution in [1.82, 2.24) is 4.72 Å². The van der Waals surface area contributed by atoms with Gasteiger partial charge in [0.15, 0.2) is 0 Å². The summed E-state index contributed by atoms with van der Waals surface area (Å²) in [5.74, 6) is -2.41. The molecule has 116 valence electrons. The average Bonchev–Trinajstić information content (AvgIpc) is 2.35. The lowest BCUT2D eigenvalue weighted by molar-refractivity contribution is 0.00577. The number of aromatic carboxylic acids is 1. The van der Waals surface area contributed by atoms with Crippen molar-refractivity contribution in [3.63, 3.8) is 0 Å². The van der Waals surface area contributed by atoms with Crippen molar-refractivity contribution in [2.45, 2.75) is 30.3 Å². The summed E-state index contributed by atoms with van der Waals surface area (Å²) >= 11 is 0. The SMILES string of the molecule is O=C(O)c1ccc(S(=O)(=O)NCCOC2CCC2)c(F)c1. The molecule has 0 amide bonds. The van der Waals surface area contributed by atoms with E-state index in [4.69, 9.17) is 9.84 Å². The van der Waals surface area contributed by atoms with E-state index in [9.17, 15) is 17.6 Å². The Balaban J connectivity index is 1.96. The van der Waals surface area contributed by atoms with Gasteiger partial charge in [-0.05, 0) is 37.5 Å². The second-order valence-electron chi connectivity index (χ2n) is 4.77. The van der Waals surface area contributed by atoms with E-state index in [2.05, 4.69) is 4.72 Å². The van der Waals surface area contributed by atoms with Crippen LogP contribution < -0.4 is 4.72 Å². The van der Waals surface area contributed by atoms with E-state index in [1.54, 1.807) is 0 Å². The first-order chi connectivity index (χ1) is 9.90. The van der Waals surface area contributed by atoms with E-state index in [1.807, 2.05) is 0 Å². The van der Waals surface area contributed by atoms with Crippen LogP contribution in [-0.4, -0.2) is 38.7 Å². The maximum absolute atomic E-state index is 13.7. The molecule has 0 saturated heterocycles. The van der Waals surface area contributed by atoms with Crippen LogP contribution in [0, 0.1) is 5.82 Å². The van der Waals surface area contributed by atoms with E-state index < -0.39 is 26.7 Å². The number of nitrogens with one attached hydrogen (secondary N) is 1. The number of ether oxygens (including phenoxy) is 1. The quantitative estimate of drug-likeness (QED) is 0.741. The predicted molar refractivity (Wildman–Crippen MR) is 72.1 cm³/mol. The van der Waals surface area contributed by atoms with Gasteiger partial charge in [0.1, 0.15) is 10.7 Å². The van der Waals surface area contributed by atoms with Crippen LogP contribution in [0.2, 0.25) is 0 Å². The van der Waals surface area contributed by atoms with E-state index in [-0.39, 0.29) is 24.8 Å². The molecule has 0 spiro atoms. The Morgan fingerprint density at radius 2 is 2.14 bits per heavy atom. The number of hydrogen-bond acceptors (Lipinski definition) is 4. The molecule has 1 aliphatic rings. The zero-order valence-electron chi connectivity index (χ0n) is 11.2. The van der Waals surface area contributed by atoms with E-state index in [0.29, 0.717) is 6.07 Å². The number of halogens is 1. The van der Waals surface area contributed by atoms with Crippen LogP contribution in [0.3, 0.4) is 0 Å². The molecule has 0 heterocycles. The van der Waals surface area contributed by atoms with E-state index in [1.165, 1.54) is 0 Å². The summed E-state index contributed by atoms with van der Waals surface area (Å²) < 4.78 is 45.1. The van der Waals surface area contributed by atoms with Crippen LogP contribution in [0.5, 0.6) is 0 Å². The summed E-state index contributed by atoms with van der Waals surface area (Å²) in [5.41, 5.74) is -0.306. The molecule has 0 radical (unpaired) electrons. The Morgan fingerprint density at radius 1 is 1.43 bits per heavy atom. The molecule has 6 nitrogen and oxygen atoms in total. The molecular formula is C13H16FNO5S. The first kappa shape index (κ1) is 15.9. The number of benzene rings is 1. The van der Waals surface area contributed by atoms with Crippen molar-refractivity contribution in [2.24, 2.45) is 0 Å². The number of carbonyl (C=O) groups is 1. The molecule has 0 unspecified atom stereocenters. The fraction of sp³-hybridized carbons (Fsp3) is 0.462. The molecular weight excluding hydrogens is 301 g/mol. The molecule has 0 aliphatic heterocycles. The van der Waals surface area contributed by atoms with Crippen molar-refractivity contribution in [3.8, 4) is 0 Å². The summed E-state index contributed by atoms with van der Waals surface area (Å²) in [4.78, 5) is 10.1. The van der Waals surface area contributed by atoms with Crippen LogP contribution in [0.25, 0.3) is 0 Å². The molecule has 1 fully saturated rings. The molecule has 0 atom stereocenters. The van der Waals surface area contributed by atoms with Gasteiger partial charge in [-0.1, -0.05) is 0 Å². The van der Waals surface area contributed by atoms with Gasteiger partial charge in [-0.25, -0.2) is 22.3 Å². The molecule has 1 aromatic carbocycles. The number of hydrogen-bond donors (Lipinski definition) is 2. The summed E-state index contributed by atoms with van der Waals surface area (Å²) in [6, 6.07) is 2.67. The molecule has 0 bridgehead atoms. The zero-order chi connectivity index (χ0) is 15.5. The zero-order valence-corrected chi connectivity index (χ0v) is 12.0. The molecule has 1 aliphatic carbocycles. The summed E-state index contributed by atoms with van der Waals surface area (Å²) in [6.07, 6.45) is 3.29. The van der Waals surface area contributed by atoms with Gasteiger partial charge in [-0.15, -0.1) is 0 Å². The maximum Gasteiger partial charge on any atom is 0.335 e. The summed E-state index contributed by atoms with van der Waals surface area (Å²) in [5, 5.41) is 8.71. The minimum Gasteiger partial charge on any atom is -0.478 e. The predicted octanol–water partition coefficient (Wildman–Crippen LogP) is 1.37. The fourth-order valence-electron chi connectivity index (χ4n) is 1.87. The molecule has 2 rings (SSSR count). The van der Waals surface area contributed by atoms with Crippen molar-refractivity contribution in [1.29, 1.82) is 0 Å². The largest absolute Gasteiger partial charge is 0.478 e. The normalized spacial score (nSPS) is 15.7. The van der Waals surface area contributed by atoms with E-state index >= 15 is 0 Å². The second-order valence-corrected chi connectivity index (χ2v) is 6.51. The second kappa shape index (κ2) is 6.50. The Hall–Kier alpha value is -1.51. The molecule has 1 saturated carbocycles. The van der Waals surface area contributed by atoms with Crippen LogP contribution in [0.15, 0.2) is 23.1 Å². The van der Waals surface area contributed by atoms with Crippen LogP contribution >= 0.6 is 0 Å². The lowest BCUT2D eigenvalue weighted by atomic mass is 9.96. The first-order valence-electron chi connectivity index (χ1n) is 6.54. The van der Waals surface area contributed by atoms with Gasteiger partial charge in [0, 0.05) is 6.54 Å². The Labute approximate surface area is 122 Å². The van der Waals surface area contributed by atoms with Gasteiger partial charge in [-0.3, -0.25) is 0 Å². The van der Waals surface area contributed by atoms with Gasteiger partial charge < -0.3 is 9.84 Å². The minimum atomic E-state index is -4.02. The number of rotatable bonds is 7. The third-order valence-electron chi connectivity index (χ3n) is 3.27. The minimum absolute atomic E-state index is 0.0406. The van der Waals surface area contributed by atoms with Gasteiger partial charge in [0.25, 0.3) is 0 Å². The third kappa shape index (κ3) is 3.99. The van der Waals surface area contributed by atoms with Crippen LogP contribution in [-0.2, 0) is 14.8 Å². The lowest BCUT2D eigenvalue weighted by Gasteiger charge is -2.25. The molecule has 8 heteroatoms. The number of carboxylic acids is 1. The van der Waals surface area contributed by atoms with Gasteiger partial charge in [0.05, 0.1) is 18.3 Å². The van der Waals surface area contributed by atoms with Gasteiger partial charge in [0.2, 0.25) is 10.0 Å². The summed E-state index contributed by atoms with van der Waals surface area (Å²) in [6.45, 7) is 0.262. The topological polar surface area (TPSA) is 92.7 Å². The lowest BCUT2D eigenvalue weighted by Crippen LogP contribution is -2.31. The van der Waals surface area contributed by atoms with Crippen LogP contribution in [0.1, 0.15) is 29.6 Å². The van der Waals surface area contributed by atoms with Crippen molar-refractivity contribution in [3.05, 3.63) is 29.6 Å². The monoisotopic (exact) mass is 317 g/mol. The highest BCUT2D eigenvalue weighted by atomic mass is 32.2. The fourth-order valence-corrected chi connectivity index (χ4v) is 2.94. The third-order valence-corrected chi connectivity index (χ3v) is 4.76. The first-order valence-corrected chi connectivity index (χ1v) is 8.02. The van der Waals surface area contributed by atoms with E-state index in [0.717, 1.165) is 31.4 Å². The Kier molecular flexibility index (Phi) is 4.92. The maximum atomic E-state index is 13.7.